The van der Waals surface area contributed by atoms with Gasteiger partial charge in [0.05, 0.1) is 19.3 Å². The molecule has 0 aliphatic heterocycles. The minimum Gasteiger partial charge on any atom is -0.477 e. The van der Waals surface area contributed by atoms with E-state index < -0.39 is 0 Å². The summed E-state index contributed by atoms with van der Waals surface area (Å²) >= 11 is 0. The van der Waals surface area contributed by atoms with Crippen LogP contribution in [0.3, 0.4) is 0 Å². The second kappa shape index (κ2) is 8.39. The molecule has 4 aromatic rings. The Bertz CT molecular complexity index is 1110. The molecule has 0 fully saturated rings. The maximum Gasteiger partial charge on any atom is 0.261 e. The lowest BCUT2D eigenvalue weighted by atomic mass is 10.1. The minimum atomic E-state index is -0.309. The Labute approximate surface area is 166 Å². The molecule has 0 saturated carbocycles. The van der Waals surface area contributed by atoms with Gasteiger partial charge in [-0.2, -0.15) is 4.98 Å². The molecule has 0 aliphatic rings. The predicted molar refractivity (Wildman–Crippen MR) is 105 cm³/mol. The van der Waals surface area contributed by atoms with Gasteiger partial charge in [0.15, 0.2) is 5.76 Å². The zero-order valence-electron chi connectivity index (χ0n) is 15.7. The van der Waals surface area contributed by atoms with Gasteiger partial charge in [-0.05, 0) is 42.8 Å². The lowest BCUT2D eigenvalue weighted by molar-refractivity contribution is 0.102. The first-order chi connectivity index (χ1) is 14.2. The van der Waals surface area contributed by atoms with Gasteiger partial charge in [-0.25, -0.2) is 4.98 Å². The number of hydrogen-bond acceptors (Lipinski definition) is 7. The van der Waals surface area contributed by atoms with Crippen LogP contribution in [0.25, 0.3) is 11.6 Å². The number of nitrogens with one attached hydrogen (secondary N) is 1. The van der Waals surface area contributed by atoms with Crippen molar-refractivity contribution in [2.45, 2.75) is 13.3 Å². The van der Waals surface area contributed by atoms with E-state index in [0.29, 0.717) is 47.6 Å². The number of rotatable bonds is 7. The average molecular weight is 390 g/mol. The maximum absolute atomic E-state index is 12.8. The van der Waals surface area contributed by atoms with E-state index in [1.165, 1.54) is 0 Å². The van der Waals surface area contributed by atoms with Crippen molar-refractivity contribution in [3.05, 3.63) is 78.0 Å². The summed E-state index contributed by atoms with van der Waals surface area (Å²) in [5, 5.41) is 6.85. The molecule has 0 atom stereocenters. The number of hydrogen-bond donors (Lipinski definition) is 1. The molecule has 0 unspecified atom stereocenters. The van der Waals surface area contributed by atoms with E-state index in [1.807, 2.05) is 31.2 Å². The summed E-state index contributed by atoms with van der Waals surface area (Å²) in [6.45, 7) is 2.26. The Kier molecular flexibility index (Phi) is 5.33. The first kappa shape index (κ1) is 18.4. The first-order valence-corrected chi connectivity index (χ1v) is 9.08. The fourth-order valence-electron chi connectivity index (χ4n) is 2.80. The van der Waals surface area contributed by atoms with Crippen molar-refractivity contribution in [3.63, 3.8) is 0 Å². The highest BCUT2D eigenvalue weighted by molar-refractivity contribution is 6.06. The molecule has 0 saturated heterocycles. The van der Waals surface area contributed by atoms with Gasteiger partial charge in [0.1, 0.15) is 5.56 Å². The van der Waals surface area contributed by atoms with Gasteiger partial charge in [-0.1, -0.05) is 23.4 Å². The molecule has 29 heavy (non-hydrogen) atoms. The van der Waals surface area contributed by atoms with Crippen molar-refractivity contribution < 1.29 is 18.5 Å². The summed E-state index contributed by atoms with van der Waals surface area (Å²) in [5.41, 5.74) is 1.83. The number of amides is 1. The van der Waals surface area contributed by atoms with Gasteiger partial charge >= 0.3 is 0 Å². The number of para-hydroxylation sites is 1. The van der Waals surface area contributed by atoms with Crippen molar-refractivity contribution >= 4 is 11.6 Å². The quantitative estimate of drug-likeness (QED) is 0.509. The lowest BCUT2D eigenvalue weighted by Gasteiger charge is -2.12. The second-order valence-corrected chi connectivity index (χ2v) is 6.07. The molecule has 0 aliphatic carbocycles. The smallest absolute Gasteiger partial charge is 0.261 e. The summed E-state index contributed by atoms with van der Waals surface area (Å²) < 4.78 is 16.0. The van der Waals surface area contributed by atoms with E-state index in [0.717, 1.165) is 5.56 Å². The molecule has 0 bridgehead atoms. The van der Waals surface area contributed by atoms with Crippen LogP contribution in [-0.4, -0.2) is 27.6 Å². The molecule has 0 radical (unpaired) electrons. The van der Waals surface area contributed by atoms with Gasteiger partial charge in [0.2, 0.25) is 17.6 Å². The van der Waals surface area contributed by atoms with Crippen LogP contribution in [0, 0.1) is 0 Å². The van der Waals surface area contributed by atoms with Crippen LogP contribution in [0.2, 0.25) is 0 Å². The van der Waals surface area contributed by atoms with Crippen molar-refractivity contribution in [1.29, 1.82) is 0 Å². The fraction of sp³-hybridized carbons (Fsp3) is 0.143. The van der Waals surface area contributed by atoms with Crippen molar-refractivity contribution in [1.82, 2.24) is 15.1 Å². The van der Waals surface area contributed by atoms with E-state index >= 15 is 0 Å². The topological polar surface area (TPSA) is 103 Å². The molecular weight excluding hydrogens is 372 g/mol. The van der Waals surface area contributed by atoms with Crippen LogP contribution in [0.1, 0.15) is 28.7 Å². The Hall–Kier alpha value is -3.94. The first-order valence-electron chi connectivity index (χ1n) is 9.08. The molecular formula is C21H18N4O4. The molecule has 1 N–H and O–H groups in total. The highest BCUT2D eigenvalue weighted by Crippen LogP contribution is 2.23. The largest absolute Gasteiger partial charge is 0.477 e. The number of pyridine rings is 1. The van der Waals surface area contributed by atoms with E-state index in [2.05, 4.69) is 20.4 Å². The number of carbonyl (C=O) groups excluding carboxylic acids is 1. The molecule has 3 heterocycles. The monoisotopic (exact) mass is 390 g/mol. The number of ether oxygens (including phenoxy) is 1. The Balaban J connectivity index is 1.54. The second-order valence-electron chi connectivity index (χ2n) is 6.07. The van der Waals surface area contributed by atoms with Gasteiger partial charge < -0.3 is 19.0 Å². The van der Waals surface area contributed by atoms with E-state index in [-0.39, 0.29) is 5.91 Å². The minimum absolute atomic E-state index is 0.296. The van der Waals surface area contributed by atoms with Crippen LogP contribution in [0.5, 0.6) is 5.88 Å². The van der Waals surface area contributed by atoms with Gasteiger partial charge in [-0.15, -0.1) is 0 Å². The molecule has 1 amide bonds. The summed E-state index contributed by atoms with van der Waals surface area (Å²) in [7, 11) is 0. The van der Waals surface area contributed by atoms with Crippen LogP contribution < -0.4 is 10.1 Å². The molecule has 146 valence electrons. The van der Waals surface area contributed by atoms with Crippen LogP contribution >= 0.6 is 0 Å². The molecule has 0 spiro atoms. The average Bonchev–Trinajstić information content (AvgIpc) is 3.42. The SMILES string of the molecule is CCOc1ncccc1C(=O)Nc1ccccc1Cc1nc(-c2ccco2)no1. The maximum atomic E-state index is 12.8. The van der Waals surface area contributed by atoms with Crippen molar-refractivity contribution in [2.24, 2.45) is 0 Å². The number of aromatic nitrogens is 3. The zero-order chi connectivity index (χ0) is 20.1. The van der Waals surface area contributed by atoms with Crippen LogP contribution in [0.4, 0.5) is 5.69 Å². The van der Waals surface area contributed by atoms with E-state index in [9.17, 15) is 4.79 Å². The van der Waals surface area contributed by atoms with Crippen molar-refractivity contribution in [3.8, 4) is 17.5 Å². The fourth-order valence-corrected chi connectivity index (χ4v) is 2.80. The Morgan fingerprint density at radius 1 is 1.14 bits per heavy atom. The Morgan fingerprint density at radius 2 is 2.03 bits per heavy atom. The molecule has 8 nitrogen and oxygen atoms in total. The molecule has 3 aromatic heterocycles. The Morgan fingerprint density at radius 3 is 2.86 bits per heavy atom. The van der Waals surface area contributed by atoms with Crippen LogP contribution in [0.15, 0.2) is 69.9 Å². The van der Waals surface area contributed by atoms with Crippen molar-refractivity contribution in [2.75, 3.05) is 11.9 Å². The summed E-state index contributed by atoms with van der Waals surface area (Å²) in [4.78, 5) is 21.3. The number of carbonyl (C=O) groups is 1. The van der Waals surface area contributed by atoms with Gasteiger partial charge in [0, 0.05) is 11.9 Å². The van der Waals surface area contributed by atoms with E-state index in [4.69, 9.17) is 13.7 Å². The number of benzene rings is 1. The molecule has 8 heteroatoms. The molecule has 4 rings (SSSR count). The van der Waals surface area contributed by atoms with Gasteiger partial charge in [0.25, 0.3) is 5.91 Å². The lowest BCUT2D eigenvalue weighted by Crippen LogP contribution is -2.15. The highest BCUT2D eigenvalue weighted by atomic mass is 16.5. The zero-order valence-corrected chi connectivity index (χ0v) is 15.7. The van der Waals surface area contributed by atoms with Gasteiger partial charge in [-0.3, -0.25) is 4.79 Å². The number of anilines is 1. The summed E-state index contributed by atoms with van der Waals surface area (Å²) in [6, 6.07) is 14.3. The third-order valence-corrected chi connectivity index (χ3v) is 4.11. The number of furan rings is 1. The summed E-state index contributed by atoms with van der Waals surface area (Å²) in [5.74, 6) is 1.31. The highest BCUT2D eigenvalue weighted by Gasteiger charge is 2.17. The standard InChI is InChI=1S/C21H18N4O4/c1-2-27-21-15(8-5-11-22-21)20(26)23-16-9-4-3-7-14(16)13-18-24-19(25-29-18)17-10-6-12-28-17/h3-12H,2,13H2,1H3,(H,23,26). The summed E-state index contributed by atoms with van der Waals surface area (Å²) in [6.07, 6.45) is 3.49. The predicted octanol–water partition coefficient (Wildman–Crippen LogP) is 3.97. The van der Waals surface area contributed by atoms with Crippen LogP contribution in [-0.2, 0) is 6.42 Å². The number of nitrogens with zero attached hydrogens (tertiary/aromatic N) is 3. The van der Waals surface area contributed by atoms with E-state index in [1.54, 1.807) is 36.7 Å². The molecule has 1 aromatic carbocycles. The third kappa shape index (κ3) is 4.16. The third-order valence-electron chi connectivity index (χ3n) is 4.11. The normalized spacial score (nSPS) is 10.7.